The highest BCUT2D eigenvalue weighted by atomic mass is 32.2. The summed E-state index contributed by atoms with van der Waals surface area (Å²) in [5.74, 6) is 0. The van der Waals surface area contributed by atoms with Crippen molar-refractivity contribution in [3.8, 4) is 0 Å². The molecule has 0 radical (unpaired) electrons. The van der Waals surface area contributed by atoms with E-state index in [9.17, 15) is 8.42 Å². The van der Waals surface area contributed by atoms with Gasteiger partial charge >= 0.3 is 0 Å². The fourth-order valence-electron chi connectivity index (χ4n) is 1.15. The molecule has 0 saturated carbocycles. The zero-order chi connectivity index (χ0) is 11.5. The van der Waals surface area contributed by atoms with Crippen molar-refractivity contribution >= 4 is 10.0 Å². The van der Waals surface area contributed by atoms with Crippen molar-refractivity contribution < 1.29 is 13.5 Å². The van der Waals surface area contributed by atoms with Gasteiger partial charge < -0.3 is 5.11 Å². The Morgan fingerprint density at radius 2 is 2.07 bits per heavy atom. The van der Waals surface area contributed by atoms with Crippen LogP contribution < -0.4 is 0 Å². The summed E-state index contributed by atoms with van der Waals surface area (Å²) in [6, 6.07) is 6.33. The van der Waals surface area contributed by atoms with Gasteiger partial charge in [-0.3, -0.25) is 0 Å². The molecule has 1 N–H and O–H groups in total. The number of aliphatic hydroxyl groups is 1. The lowest BCUT2D eigenvalue weighted by molar-refractivity contribution is 0.281. The summed E-state index contributed by atoms with van der Waals surface area (Å²) in [7, 11) is -1.87. The van der Waals surface area contributed by atoms with E-state index in [0.29, 0.717) is 12.1 Å². The maximum Gasteiger partial charge on any atom is 0.242 e. The molecule has 0 atom stereocenters. The Balaban J connectivity index is 3.16. The second-order valence-electron chi connectivity index (χ2n) is 3.22. The third kappa shape index (κ3) is 2.56. The summed E-state index contributed by atoms with van der Waals surface area (Å²) in [6.45, 7) is 2.04. The summed E-state index contributed by atoms with van der Waals surface area (Å²) in [5, 5.41) is 8.92. The molecule has 84 valence electrons. The van der Waals surface area contributed by atoms with E-state index in [1.54, 1.807) is 19.1 Å². The monoisotopic (exact) mass is 229 g/mol. The molecule has 5 heteroatoms. The van der Waals surface area contributed by atoms with E-state index < -0.39 is 10.0 Å². The second kappa shape index (κ2) is 4.74. The van der Waals surface area contributed by atoms with E-state index in [2.05, 4.69) is 0 Å². The van der Waals surface area contributed by atoms with Gasteiger partial charge in [-0.25, -0.2) is 12.7 Å². The molecule has 1 aromatic rings. The Hall–Kier alpha value is -0.910. The van der Waals surface area contributed by atoms with Crippen LogP contribution in [-0.2, 0) is 16.6 Å². The van der Waals surface area contributed by atoms with Crippen LogP contribution in [-0.4, -0.2) is 31.4 Å². The number of hydrogen-bond donors (Lipinski definition) is 1. The number of nitrogens with zero attached hydrogens (tertiary/aromatic N) is 1. The van der Waals surface area contributed by atoms with Gasteiger partial charge in [0.2, 0.25) is 10.0 Å². The Bertz CT molecular complexity index is 428. The standard InChI is InChI=1S/C10H15NO3S/c1-3-11(2)15(13,14)10-6-4-5-9(7-10)8-12/h4-7,12H,3,8H2,1-2H3. The third-order valence-corrected chi connectivity index (χ3v) is 4.16. The summed E-state index contributed by atoms with van der Waals surface area (Å²) >= 11 is 0. The topological polar surface area (TPSA) is 57.6 Å². The first kappa shape index (κ1) is 12.2. The predicted octanol–water partition coefficient (Wildman–Crippen LogP) is 0.819. The van der Waals surface area contributed by atoms with Gasteiger partial charge in [-0.2, -0.15) is 0 Å². The van der Waals surface area contributed by atoms with Gasteiger partial charge in [-0.1, -0.05) is 19.1 Å². The first-order valence-electron chi connectivity index (χ1n) is 4.68. The van der Waals surface area contributed by atoms with Crippen LogP contribution in [0.1, 0.15) is 12.5 Å². The molecular weight excluding hydrogens is 214 g/mol. The molecule has 0 amide bonds. The molecule has 15 heavy (non-hydrogen) atoms. The van der Waals surface area contributed by atoms with Crippen LogP contribution in [0.15, 0.2) is 29.2 Å². The molecule has 0 spiro atoms. The highest BCUT2D eigenvalue weighted by molar-refractivity contribution is 7.89. The molecule has 4 nitrogen and oxygen atoms in total. The average Bonchev–Trinajstić information content (AvgIpc) is 2.27. The molecule has 0 aliphatic carbocycles. The van der Waals surface area contributed by atoms with Crippen LogP contribution in [0.25, 0.3) is 0 Å². The van der Waals surface area contributed by atoms with Crippen molar-refractivity contribution in [1.82, 2.24) is 4.31 Å². The van der Waals surface area contributed by atoms with Gasteiger partial charge in [0.25, 0.3) is 0 Å². The number of aliphatic hydroxyl groups excluding tert-OH is 1. The summed E-state index contributed by atoms with van der Waals surface area (Å²) in [5.41, 5.74) is 0.598. The minimum Gasteiger partial charge on any atom is -0.392 e. The first-order chi connectivity index (χ1) is 7.02. The zero-order valence-corrected chi connectivity index (χ0v) is 9.66. The van der Waals surface area contributed by atoms with Crippen molar-refractivity contribution in [2.24, 2.45) is 0 Å². The average molecular weight is 229 g/mol. The first-order valence-corrected chi connectivity index (χ1v) is 6.12. The number of hydrogen-bond acceptors (Lipinski definition) is 3. The van der Waals surface area contributed by atoms with Crippen molar-refractivity contribution in [3.05, 3.63) is 29.8 Å². The molecule has 0 aromatic heterocycles. The van der Waals surface area contributed by atoms with Crippen LogP contribution in [0.2, 0.25) is 0 Å². The molecule has 1 rings (SSSR count). The lowest BCUT2D eigenvalue weighted by atomic mass is 10.2. The lowest BCUT2D eigenvalue weighted by Crippen LogP contribution is -2.26. The van der Waals surface area contributed by atoms with Gasteiger partial charge in [0.15, 0.2) is 0 Å². The molecule has 0 heterocycles. The Labute approximate surface area is 90.2 Å². The van der Waals surface area contributed by atoms with E-state index in [-0.39, 0.29) is 11.5 Å². The van der Waals surface area contributed by atoms with Crippen molar-refractivity contribution in [3.63, 3.8) is 0 Å². The van der Waals surface area contributed by atoms with E-state index in [4.69, 9.17) is 5.11 Å². The van der Waals surface area contributed by atoms with E-state index in [0.717, 1.165) is 0 Å². The molecular formula is C10H15NO3S. The smallest absolute Gasteiger partial charge is 0.242 e. The lowest BCUT2D eigenvalue weighted by Gasteiger charge is -2.15. The minimum atomic E-state index is -3.40. The summed E-state index contributed by atoms with van der Waals surface area (Å²) in [4.78, 5) is 0.221. The quantitative estimate of drug-likeness (QED) is 0.831. The fraction of sp³-hybridized carbons (Fsp3) is 0.400. The molecule has 0 fully saturated rings. The Morgan fingerprint density at radius 1 is 1.40 bits per heavy atom. The maximum absolute atomic E-state index is 11.9. The van der Waals surface area contributed by atoms with Gasteiger partial charge in [-0.05, 0) is 17.7 Å². The molecule has 0 saturated heterocycles. The van der Waals surface area contributed by atoms with E-state index >= 15 is 0 Å². The normalized spacial score (nSPS) is 12.0. The molecule has 0 aliphatic heterocycles. The molecule has 0 bridgehead atoms. The van der Waals surface area contributed by atoms with E-state index in [1.807, 2.05) is 0 Å². The van der Waals surface area contributed by atoms with Gasteiger partial charge in [-0.15, -0.1) is 0 Å². The van der Waals surface area contributed by atoms with Crippen molar-refractivity contribution in [1.29, 1.82) is 0 Å². The molecule has 1 aromatic carbocycles. The Kier molecular flexibility index (Phi) is 3.84. The highest BCUT2D eigenvalue weighted by Crippen LogP contribution is 2.15. The zero-order valence-electron chi connectivity index (χ0n) is 8.84. The molecule has 0 aliphatic rings. The highest BCUT2D eigenvalue weighted by Gasteiger charge is 2.18. The van der Waals surface area contributed by atoms with Gasteiger partial charge in [0.05, 0.1) is 11.5 Å². The van der Waals surface area contributed by atoms with E-state index in [1.165, 1.54) is 23.5 Å². The number of rotatable bonds is 4. The second-order valence-corrected chi connectivity index (χ2v) is 5.27. The minimum absolute atomic E-state index is 0.154. The van der Waals surface area contributed by atoms with Crippen molar-refractivity contribution in [2.75, 3.05) is 13.6 Å². The van der Waals surface area contributed by atoms with Crippen LogP contribution in [0, 0.1) is 0 Å². The largest absolute Gasteiger partial charge is 0.392 e. The van der Waals surface area contributed by atoms with Crippen LogP contribution in [0.3, 0.4) is 0 Å². The SMILES string of the molecule is CCN(C)S(=O)(=O)c1cccc(CO)c1. The third-order valence-electron chi connectivity index (χ3n) is 2.23. The Morgan fingerprint density at radius 3 is 2.60 bits per heavy atom. The number of benzene rings is 1. The van der Waals surface area contributed by atoms with Crippen LogP contribution >= 0.6 is 0 Å². The number of sulfonamides is 1. The van der Waals surface area contributed by atoms with Crippen LogP contribution in [0.5, 0.6) is 0 Å². The van der Waals surface area contributed by atoms with Gasteiger partial charge in [0.1, 0.15) is 0 Å². The van der Waals surface area contributed by atoms with Crippen LogP contribution in [0.4, 0.5) is 0 Å². The summed E-state index contributed by atoms with van der Waals surface area (Å²) < 4.78 is 25.0. The van der Waals surface area contributed by atoms with Gasteiger partial charge in [0, 0.05) is 13.6 Å². The maximum atomic E-state index is 11.9. The molecule has 0 unspecified atom stereocenters. The summed E-state index contributed by atoms with van der Waals surface area (Å²) in [6.07, 6.45) is 0. The van der Waals surface area contributed by atoms with Crippen molar-refractivity contribution in [2.45, 2.75) is 18.4 Å². The fourth-order valence-corrected chi connectivity index (χ4v) is 2.40. The predicted molar refractivity (Wildman–Crippen MR) is 57.9 cm³/mol.